The van der Waals surface area contributed by atoms with Gasteiger partial charge in [-0.3, -0.25) is 0 Å². The van der Waals surface area contributed by atoms with Crippen molar-refractivity contribution in [3.8, 4) is 0 Å². The Morgan fingerprint density at radius 2 is 1.44 bits per heavy atom. The van der Waals surface area contributed by atoms with E-state index in [1.54, 1.807) is 0 Å². The molecular weight excluding hydrogens is 382 g/mol. The van der Waals surface area contributed by atoms with Gasteiger partial charge in [0.1, 0.15) is 0 Å². The van der Waals surface area contributed by atoms with E-state index in [4.69, 9.17) is 18.6 Å². The molecule has 0 aromatic heterocycles. The van der Waals surface area contributed by atoms with Crippen LogP contribution in [0.15, 0.2) is 0 Å². The van der Waals surface area contributed by atoms with Crippen molar-refractivity contribution in [3.05, 3.63) is 0 Å². The van der Waals surface area contributed by atoms with Crippen LogP contribution in [-0.4, -0.2) is 32.9 Å². The fourth-order valence-electron chi connectivity index (χ4n) is 0.271. The summed E-state index contributed by atoms with van der Waals surface area (Å²) in [7, 11) is 10.6. The monoisotopic (exact) mass is 394 g/mol. The molecule has 0 rings (SSSR count). The zero-order valence-electron chi connectivity index (χ0n) is 5.64. The Kier molecular flexibility index (Phi) is 8.93. The van der Waals surface area contributed by atoms with Gasteiger partial charge in [0.2, 0.25) is 0 Å². The van der Waals surface area contributed by atoms with E-state index in [0.717, 1.165) is 0 Å². The second-order valence-corrected chi connectivity index (χ2v) is 40.2. The van der Waals surface area contributed by atoms with Crippen molar-refractivity contribution >= 4 is 57.6 Å². The SMILES string of the molecule is C[CH2][Sn](=[S])[S][Sn](=[S])[CH2]C. The van der Waals surface area contributed by atoms with E-state index in [0.29, 0.717) is 0 Å². The Hall–Kier alpha value is 2.39. The Bertz CT molecular complexity index is 109. The molecule has 0 saturated carbocycles. The third-order valence-electron chi connectivity index (χ3n) is 0.805. The van der Waals surface area contributed by atoms with Gasteiger partial charge in [-0.25, -0.2) is 0 Å². The van der Waals surface area contributed by atoms with Crippen LogP contribution in [0.25, 0.3) is 0 Å². The molecule has 5 heteroatoms. The van der Waals surface area contributed by atoms with Crippen LogP contribution in [0.5, 0.6) is 0 Å². The van der Waals surface area contributed by atoms with Crippen molar-refractivity contribution in [2.45, 2.75) is 22.7 Å². The van der Waals surface area contributed by atoms with Crippen molar-refractivity contribution in [1.82, 2.24) is 0 Å². The van der Waals surface area contributed by atoms with Gasteiger partial charge in [-0.2, -0.15) is 0 Å². The number of rotatable bonds is 4. The molecule has 0 N–H and O–H groups in total. The van der Waals surface area contributed by atoms with E-state index in [9.17, 15) is 0 Å². The summed E-state index contributed by atoms with van der Waals surface area (Å²) in [6.07, 6.45) is 2.12. The molecule has 52 valence electrons. The van der Waals surface area contributed by atoms with Gasteiger partial charge >= 0.3 is 80.3 Å². The zero-order chi connectivity index (χ0) is 7.28. The molecule has 9 heavy (non-hydrogen) atoms. The maximum atomic E-state index is 5.32. The Morgan fingerprint density at radius 1 is 1.11 bits per heavy atom. The topological polar surface area (TPSA) is 0 Å². The fraction of sp³-hybridized carbons (Fsp3) is 1.00. The second-order valence-electron chi connectivity index (χ2n) is 1.55. The maximum absolute atomic E-state index is 5.32. The predicted octanol–water partition coefficient (Wildman–Crippen LogP) is 3.13. The van der Waals surface area contributed by atoms with Crippen LogP contribution in [0.1, 0.15) is 13.8 Å². The van der Waals surface area contributed by atoms with Crippen LogP contribution in [0, 0.1) is 0 Å². The first-order valence-electron chi connectivity index (χ1n) is 2.94. The van der Waals surface area contributed by atoms with Gasteiger partial charge in [0.15, 0.2) is 0 Å². The molecular formula is C4H10S3Sn2. The Morgan fingerprint density at radius 3 is 1.67 bits per heavy atom. The summed E-state index contributed by atoms with van der Waals surface area (Å²) in [6, 6.07) is 0. The summed E-state index contributed by atoms with van der Waals surface area (Å²) in [4.78, 5) is 0. The van der Waals surface area contributed by atoms with Crippen molar-refractivity contribution in [2.24, 2.45) is 0 Å². The zero-order valence-corrected chi connectivity index (χ0v) is 13.8. The average Bonchev–Trinajstić information content (AvgIpc) is 1.87. The van der Waals surface area contributed by atoms with E-state index in [-0.39, 0.29) is 0 Å². The quantitative estimate of drug-likeness (QED) is 0.676. The summed E-state index contributed by atoms with van der Waals surface area (Å²) in [5.41, 5.74) is 0. The van der Waals surface area contributed by atoms with E-state index >= 15 is 0 Å². The summed E-state index contributed by atoms with van der Waals surface area (Å²) in [5, 5.41) is 0. The van der Waals surface area contributed by atoms with Crippen LogP contribution in [-0.2, 0) is 0 Å². The van der Waals surface area contributed by atoms with Crippen molar-refractivity contribution in [2.75, 3.05) is 0 Å². The molecule has 0 heterocycles. The van der Waals surface area contributed by atoms with Gasteiger partial charge in [-0.15, -0.1) is 0 Å². The molecule has 0 aliphatic heterocycles. The van der Waals surface area contributed by atoms with E-state index < -0.39 is 32.9 Å². The van der Waals surface area contributed by atoms with Gasteiger partial charge in [0, 0.05) is 0 Å². The Balaban J connectivity index is 3.47. The first kappa shape index (κ1) is 11.4. The summed E-state index contributed by atoms with van der Waals surface area (Å²) in [5.74, 6) is 0. The van der Waals surface area contributed by atoms with Gasteiger partial charge in [0.25, 0.3) is 0 Å². The third-order valence-corrected chi connectivity index (χ3v) is 64.9. The summed E-state index contributed by atoms with van der Waals surface area (Å²) >= 11 is -2.54. The van der Waals surface area contributed by atoms with Crippen LogP contribution in [0.3, 0.4) is 0 Å². The van der Waals surface area contributed by atoms with Gasteiger partial charge in [-0.05, 0) is 0 Å². The molecule has 0 aliphatic rings. The van der Waals surface area contributed by atoms with Gasteiger partial charge in [-0.1, -0.05) is 0 Å². The fourth-order valence-corrected chi connectivity index (χ4v) is 70.9. The van der Waals surface area contributed by atoms with Crippen molar-refractivity contribution in [3.63, 3.8) is 0 Å². The molecule has 0 saturated heterocycles. The molecule has 0 aromatic carbocycles. The molecule has 0 fully saturated rings. The molecule has 0 amide bonds. The molecule has 0 nitrogen and oxygen atoms in total. The van der Waals surface area contributed by atoms with Crippen LogP contribution >= 0.6 is 24.7 Å². The Labute approximate surface area is 78.9 Å². The van der Waals surface area contributed by atoms with Crippen LogP contribution in [0.2, 0.25) is 8.87 Å². The molecule has 0 bridgehead atoms. The first-order chi connectivity index (χ1) is 4.20. The number of hydrogen-bond acceptors (Lipinski definition) is 3. The molecule has 0 unspecified atom stereocenters. The predicted molar refractivity (Wildman–Crippen MR) is 55.2 cm³/mol. The van der Waals surface area contributed by atoms with Gasteiger partial charge < -0.3 is 0 Å². The minimum absolute atomic E-state index is 1.27. The van der Waals surface area contributed by atoms with E-state index in [2.05, 4.69) is 20.0 Å². The normalized spacial score (nSPS) is 9.11. The second kappa shape index (κ2) is 7.06. The van der Waals surface area contributed by atoms with E-state index in [1.165, 1.54) is 8.87 Å². The molecule has 0 radical (unpaired) electrons. The minimum atomic E-state index is -1.27. The van der Waals surface area contributed by atoms with E-state index in [1.807, 2.05) is 0 Å². The summed E-state index contributed by atoms with van der Waals surface area (Å²) in [6.45, 7) is 4.44. The molecule has 0 aliphatic carbocycles. The molecule has 0 spiro atoms. The third kappa shape index (κ3) is 6.77. The summed E-state index contributed by atoms with van der Waals surface area (Å²) < 4.78 is 2.59. The van der Waals surface area contributed by atoms with Crippen LogP contribution in [0.4, 0.5) is 0 Å². The van der Waals surface area contributed by atoms with Crippen molar-refractivity contribution < 1.29 is 0 Å². The number of hydrogen-bond donors (Lipinski definition) is 0. The van der Waals surface area contributed by atoms with Gasteiger partial charge in [0.05, 0.1) is 0 Å². The average molecular weight is 392 g/mol. The van der Waals surface area contributed by atoms with Crippen molar-refractivity contribution in [1.29, 1.82) is 0 Å². The standard InChI is InChI=1S/2C2H5.3S.2Sn/c2*1-2;;;;;/h2*1H2,2H3;;;;;. The van der Waals surface area contributed by atoms with Crippen LogP contribution < -0.4 is 0 Å². The first-order valence-corrected chi connectivity index (χ1v) is 22.6. The molecule has 0 aromatic rings. The molecule has 0 atom stereocenters.